The molecule has 0 saturated heterocycles. The second-order valence-electron chi connectivity index (χ2n) is 6.73. The first-order chi connectivity index (χ1) is 14.0. The summed E-state index contributed by atoms with van der Waals surface area (Å²) in [5.41, 5.74) is 1.21. The number of rotatable bonds is 5. The molecule has 0 bridgehead atoms. The van der Waals surface area contributed by atoms with Gasteiger partial charge in [-0.15, -0.1) is 0 Å². The summed E-state index contributed by atoms with van der Waals surface area (Å²) in [6.07, 6.45) is 6.00. The van der Waals surface area contributed by atoms with Gasteiger partial charge in [0.05, 0.1) is 11.9 Å². The van der Waals surface area contributed by atoms with E-state index in [-0.39, 0.29) is 17.4 Å². The van der Waals surface area contributed by atoms with E-state index >= 15 is 0 Å². The van der Waals surface area contributed by atoms with Crippen LogP contribution in [0.5, 0.6) is 0 Å². The molecule has 2 N–H and O–H groups in total. The zero-order chi connectivity index (χ0) is 20.4. The Morgan fingerprint density at radius 3 is 2.59 bits per heavy atom. The molecule has 0 radical (unpaired) electrons. The molecule has 2 aromatic heterocycles. The summed E-state index contributed by atoms with van der Waals surface area (Å²) in [5.74, 6) is -1.61. The van der Waals surface area contributed by atoms with Gasteiger partial charge in [0, 0.05) is 41.1 Å². The number of nitrogens with one attached hydrogen (secondary N) is 2. The second kappa shape index (κ2) is 7.75. The Bertz CT molecular complexity index is 1100. The second-order valence-corrected chi connectivity index (χ2v) is 6.73. The number of nitrogens with zero attached hydrogens (tertiary/aromatic N) is 2. The average molecular weight is 394 g/mol. The molecule has 4 rings (SSSR count). The van der Waals surface area contributed by atoms with Gasteiger partial charge in [0.15, 0.2) is 0 Å². The van der Waals surface area contributed by atoms with Crippen LogP contribution in [0.1, 0.15) is 23.2 Å². The van der Waals surface area contributed by atoms with Crippen molar-refractivity contribution in [1.29, 1.82) is 0 Å². The van der Waals surface area contributed by atoms with Crippen LogP contribution in [0.2, 0.25) is 0 Å². The Kier molecular flexibility index (Phi) is 4.99. The Balaban J connectivity index is 1.50. The lowest BCUT2D eigenvalue weighted by Gasteiger charge is -2.09. The highest BCUT2D eigenvalue weighted by atomic mass is 19.1. The van der Waals surface area contributed by atoms with Crippen molar-refractivity contribution in [1.82, 2.24) is 9.97 Å². The van der Waals surface area contributed by atoms with Crippen LogP contribution < -0.4 is 10.6 Å². The van der Waals surface area contributed by atoms with Crippen LogP contribution in [0, 0.1) is 17.6 Å². The van der Waals surface area contributed by atoms with Gasteiger partial charge in [0.1, 0.15) is 17.5 Å². The third-order valence-electron chi connectivity index (χ3n) is 4.46. The van der Waals surface area contributed by atoms with Gasteiger partial charge in [0.2, 0.25) is 5.91 Å². The van der Waals surface area contributed by atoms with Crippen molar-refractivity contribution in [3.05, 3.63) is 72.2 Å². The zero-order valence-electron chi connectivity index (χ0n) is 15.2. The molecule has 1 aromatic carbocycles. The van der Waals surface area contributed by atoms with Crippen LogP contribution >= 0.6 is 0 Å². The van der Waals surface area contributed by atoms with E-state index in [9.17, 15) is 18.4 Å². The molecule has 1 saturated carbocycles. The number of halogens is 2. The van der Waals surface area contributed by atoms with Crippen LogP contribution in [-0.4, -0.2) is 21.8 Å². The van der Waals surface area contributed by atoms with Crippen molar-refractivity contribution in [2.45, 2.75) is 12.8 Å². The molecule has 29 heavy (non-hydrogen) atoms. The van der Waals surface area contributed by atoms with E-state index in [1.807, 2.05) is 0 Å². The van der Waals surface area contributed by atoms with Gasteiger partial charge >= 0.3 is 0 Å². The number of amides is 2. The minimum atomic E-state index is -0.722. The summed E-state index contributed by atoms with van der Waals surface area (Å²) < 4.78 is 27.1. The Morgan fingerprint density at radius 2 is 1.83 bits per heavy atom. The van der Waals surface area contributed by atoms with E-state index < -0.39 is 17.5 Å². The predicted octanol–water partition coefficient (Wildman–Crippen LogP) is 4.02. The molecule has 0 spiro atoms. The fourth-order valence-corrected chi connectivity index (χ4v) is 2.80. The average Bonchev–Trinajstić information content (AvgIpc) is 3.54. The summed E-state index contributed by atoms with van der Waals surface area (Å²) in [6.45, 7) is 0. The number of hydrogen-bond donors (Lipinski definition) is 2. The van der Waals surface area contributed by atoms with E-state index in [1.54, 1.807) is 0 Å². The molecule has 1 aliphatic carbocycles. The number of hydrogen-bond acceptors (Lipinski definition) is 4. The zero-order valence-corrected chi connectivity index (χ0v) is 15.2. The van der Waals surface area contributed by atoms with Gasteiger partial charge in [0.25, 0.3) is 5.91 Å². The number of anilines is 2. The molecule has 1 fully saturated rings. The fraction of sp³-hybridized carbons (Fsp3) is 0.143. The quantitative estimate of drug-likeness (QED) is 0.685. The standard InChI is InChI=1S/C21H16F2N4O2/c22-15-3-4-17(18(23)9-15)14-7-16(11-24-10-14)26-21(29)13-5-6-25-19(8-13)27-20(28)12-1-2-12/h3-12H,1-2H2,(H,26,29)(H,25,27,28). The lowest BCUT2D eigenvalue weighted by molar-refractivity contribution is -0.117. The Morgan fingerprint density at radius 1 is 1.00 bits per heavy atom. The Hall–Kier alpha value is -3.68. The maximum atomic E-state index is 14.0. The molecule has 146 valence electrons. The van der Waals surface area contributed by atoms with E-state index in [2.05, 4.69) is 20.6 Å². The van der Waals surface area contributed by atoms with Gasteiger partial charge in [-0.25, -0.2) is 13.8 Å². The molecule has 3 aromatic rings. The van der Waals surface area contributed by atoms with Gasteiger partial charge < -0.3 is 10.6 Å². The van der Waals surface area contributed by atoms with Crippen molar-refractivity contribution in [3.8, 4) is 11.1 Å². The molecule has 1 aliphatic rings. The van der Waals surface area contributed by atoms with Crippen LogP contribution in [0.25, 0.3) is 11.1 Å². The molecule has 6 nitrogen and oxygen atoms in total. The summed E-state index contributed by atoms with van der Waals surface area (Å²) >= 11 is 0. The molecule has 0 unspecified atom stereocenters. The lowest BCUT2D eigenvalue weighted by atomic mass is 10.1. The maximum Gasteiger partial charge on any atom is 0.255 e. The van der Waals surface area contributed by atoms with Crippen molar-refractivity contribution < 1.29 is 18.4 Å². The monoisotopic (exact) mass is 394 g/mol. The lowest BCUT2D eigenvalue weighted by Crippen LogP contribution is -2.16. The molecule has 2 heterocycles. The van der Waals surface area contributed by atoms with Crippen LogP contribution in [0.3, 0.4) is 0 Å². The summed E-state index contributed by atoms with van der Waals surface area (Å²) in [6, 6.07) is 7.78. The maximum absolute atomic E-state index is 14.0. The van der Waals surface area contributed by atoms with Crippen LogP contribution in [0.15, 0.2) is 55.0 Å². The topological polar surface area (TPSA) is 84.0 Å². The van der Waals surface area contributed by atoms with Crippen LogP contribution in [0.4, 0.5) is 20.3 Å². The fourth-order valence-electron chi connectivity index (χ4n) is 2.80. The van der Waals surface area contributed by atoms with Gasteiger partial charge in [-0.2, -0.15) is 0 Å². The molecular weight excluding hydrogens is 378 g/mol. The third kappa shape index (κ3) is 4.43. The molecule has 8 heteroatoms. The summed E-state index contributed by atoms with van der Waals surface area (Å²) in [7, 11) is 0. The molecule has 0 atom stereocenters. The summed E-state index contributed by atoms with van der Waals surface area (Å²) in [4.78, 5) is 32.5. The third-order valence-corrected chi connectivity index (χ3v) is 4.46. The minimum absolute atomic E-state index is 0.0231. The minimum Gasteiger partial charge on any atom is -0.321 e. The number of pyridine rings is 2. The van der Waals surface area contributed by atoms with Crippen molar-refractivity contribution in [2.75, 3.05) is 10.6 Å². The van der Waals surface area contributed by atoms with Crippen molar-refractivity contribution in [3.63, 3.8) is 0 Å². The smallest absolute Gasteiger partial charge is 0.255 e. The first kappa shape index (κ1) is 18.7. The highest BCUT2D eigenvalue weighted by molar-refractivity contribution is 6.05. The van der Waals surface area contributed by atoms with E-state index in [1.165, 1.54) is 42.9 Å². The first-order valence-electron chi connectivity index (χ1n) is 8.98. The molecule has 0 aliphatic heterocycles. The number of aromatic nitrogens is 2. The van der Waals surface area contributed by atoms with E-state index in [0.29, 0.717) is 22.6 Å². The normalized spacial score (nSPS) is 13.0. The highest BCUT2D eigenvalue weighted by Gasteiger charge is 2.29. The van der Waals surface area contributed by atoms with Crippen molar-refractivity contribution >= 4 is 23.3 Å². The Labute approximate surface area is 165 Å². The number of carbonyl (C=O) groups excluding carboxylic acids is 2. The predicted molar refractivity (Wildman–Crippen MR) is 103 cm³/mol. The summed E-state index contributed by atoms with van der Waals surface area (Å²) in [5, 5.41) is 5.37. The van der Waals surface area contributed by atoms with Crippen LogP contribution in [-0.2, 0) is 4.79 Å². The van der Waals surface area contributed by atoms with Gasteiger partial charge in [-0.05, 0) is 43.2 Å². The molecular formula is C21H16F2N4O2. The SMILES string of the molecule is O=C(Nc1cncc(-c2ccc(F)cc2F)c1)c1ccnc(NC(=O)C2CC2)c1. The first-order valence-corrected chi connectivity index (χ1v) is 8.98. The van der Waals surface area contributed by atoms with Gasteiger partial charge in [-0.1, -0.05) is 0 Å². The van der Waals surface area contributed by atoms with E-state index in [4.69, 9.17) is 0 Å². The number of carbonyl (C=O) groups is 2. The van der Waals surface area contributed by atoms with Crippen molar-refractivity contribution in [2.24, 2.45) is 5.92 Å². The highest BCUT2D eigenvalue weighted by Crippen LogP contribution is 2.30. The largest absolute Gasteiger partial charge is 0.321 e. The number of benzene rings is 1. The van der Waals surface area contributed by atoms with E-state index in [0.717, 1.165) is 25.0 Å². The van der Waals surface area contributed by atoms with Gasteiger partial charge in [-0.3, -0.25) is 14.6 Å². The molecule has 2 amide bonds.